The number of fused-ring (bicyclic) bond motifs is 1. The number of aromatic nitrogens is 4. The lowest BCUT2D eigenvalue weighted by Crippen LogP contribution is -2.45. The number of para-hydroxylation sites is 1. The zero-order valence-corrected chi connectivity index (χ0v) is 16.9. The first-order valence-corrected chi connectivity index (χ1v) is 10.3. The first kappa shape index (κ1) is 18.7. The maximum Gasteiger partial charge on any atom is 0.145 e. The molecule has 0 atom stereocenters. The van der Waals surface area contributed by atoms with E-state index in [9.17, 15) is 0 Å². The van der Waals surface area contributed by atoms with Crippen LogP contribution in [0, 0.1) is 0 Å². The van der Waals surface area contributed by atoms with Gasteiger partial charge in [-0.1, -0.05) is 24.3 Å². The number of benzene rings is 2. The smallest absolute Gasteiger partial charge is 0.145 e. The van der Waals surface area contributed by atoms with Gasteiger partial charge in [0.2, 0.25) is 0 Å². The van der Waals surface area contributed by atoms with Crippen molar-refractivity contribution in [2.75, 3.05) is 31.9 Å². The fourth-order valence-corrected chi connectivity index (χ4v) is 3.97. The summed E-state index contributed by atoms with van der Waals surface area (Å²) in [4.78, 5) is 18.2. The van der Waals surface area contributed by atoms with Gasteiger partial charge in [-0.2, -0.15) is 0 Å². The van der Waals surface area contributed by atoms with Gasteiger partial charge < -0.3 is 10.3 Å². The minimum Gasteiger partial charge on any atom is -0.383 e. The maximum atomic E-state index is 6.13. The summed E-state index contributed by atoms with van der Waals surface area (Å²) in [5, 5.41) is 0.921. The highest BCUT2D eigenvalue weighted by Crippen LogP contribution is 2.18. The Hall–Kier alpha value is -3.29. The van der Waals surface area contributed by atoms with Crippen molar-refractivity contribution in [2.45, 2.75) is 13.1 Å². The van der Waals surface area contributed by atoms with Crippen LogP contribution in [0.4, 0.5) is 5.82 Å². The highest BCUT2D eigenvalue weighted by atomic mass is 15.3. The average molecular weight is 400 g/mol. The van der Waals surface area contributed by atoms with Crippen LogP contribution in [0.5, 0.6) is 0 Å². The van der Waals surface area contributed by atoms with Crippen LogP contribution in [0.1, 0.15) is 11.4 Å². The molecule has 2 aromatic carbocycles. The van der Waals surface area contributed by atoms with Crippen LogP contribution in [0.15, 0.2) is 67.3 Å². The van der Waals surface area contributed by atoms with E-state index >= 15 is 0 Å². The number of imidazole rings is 1. The molecule has 0 unspecified atom stereocenters. The molecule has 2 N–H and O–H groups in total. The molecule has 5 rings (SSSR count). The number of hydrogen-bond donors (Lipinski definition) is 1. The third-order valence-electron chi connectivity index (χ3n) is 5.65. The molecule has 0 amide bonds. The number of nitrogen functional groups attached to an aromatic ring is 1. The van der Waals surface area contributed by atoms with E-state index in [1.807, 2.05) is 41.4 Å². The number of nitrogens with zero attached hydrogens (tertiary/aromatic N) is 6. The molecule has 2 aromatic heterocycles. The predicted octanol–water partition coefficient (Wildman–Crippen LogP) is 2.72. The van der Waals surface area contributed by atoms with Crippen molar-refractivity contribution in [3.8, 4) is 5.69 Å². The van der Waals surface area contributed by atoms with Crippen LogP contribution in [0.25, 0.3) is 16.6 Å². The van der Waals surface area contributed by atoms with Gasteiger partial charge in [0.1, 0.15) is 11.6 Å². The normalized spacial score (nSPS) is 15.6. The Balaban J connectivity index is 1.17. The second-order valence-electron chi connectivity index (χ2n) is 7.73. The van der Waals surface area contributed by atoms with Crippen LogP contribution in [-0.2, 0) is 13.1 Å². The molecule has 3 heterocycles. The van der Waals surface area contributed by atoms with Crippen molar-refractivity contribution in [3.05, 3.63) is 78.6 Å². The second kappa shape index (κ2) is 8.22. The van der Waals surface area contributed by atoms with E-state index in [1.54, 1.807) is 6.20 Å². The standard InChI is InChI=1S/C23H25N7/c24-23-20-3-1-2-4-21(20)26-22(27-23)16-29-13-11-28(12-14-29)15-18-5-7-19(8-6-18)30-10-9-25-17-30/h1-10,17H,11-16H2,(H2,24,26,27). The van der Waals surface area contributed by atoms with Crippen LogP contribution in [0.3, 0.4) is 0 Å². The largest absolute Gasteiger partial charge is 0.383 e. The Morgan fingerprint density at radius 3 is 2.30 bits per heavy atom. The third kappa shape index (κ3) is 4.03. The fourth-order valence-electron chi connectivity index (χ4n) is 3.97. The van der Waals surface area contributed by atoms with Gasteiger partial charge in [-0.25, -0.2) is 15.0 Å². The lowest BCUT2D eigenvalue weighted by molar-refractivity contribution is 0.120. The van der Waals surface area contributed by atoms with Crippen molar-refractivity contribution < 1.29 is 0 Å². The molecule has 0 spiro atoms. The fraction of sp³-hybridized carbons (Fsp3) is 0.261. The summed E-state index contributed by atoms with van der Waals surface area (Å²) in [7, 11) is 0. The SMILES string of the molecule is Nc1nc(CN2CCN(Cc3ccc(-n4ccnc4)cc3)CC2)nc2ccccc12. The van der Waals surface area contributed by atoms with Crippen LogP contribution >= 0.6 is 0 Å². The second-order valence-corrected chi connectivity index (χ2v) is 7.73. The van der Waals surface area contributed by atoms with Crippen molar-refractivity contribution in [1.82, 2.24) is 29.3 Å². The molecule has 0 saturated carbocycles. The quantitative estimate of drug-likeness (QED) is 0.556. The first-order chi connectivity index (χ1) is 14.7. The molecule has 7 heteroatoms. The maximum absolute atomic E-state index is 6.13. The summed E-state index contributed by atoms with van der Waals surface area (Å²) in [5.41, 5.74) is 9.51. The van der Waals surface area contributed by atoms with Gasteiger partial charge in [-0.15, -0.1) is 0 Å². The van der Waals surface area contributed by atoms with Gasteiger partial charge >= 0.3 is 0 Å². The lowest BCUT2D eigenvalue weighted by Gasteiger charge is -2.34. The van der Waals surface area contributed by atoms with Crippen molar-refractivity contribution in [1.29, 1.82) is 0 Å². The van der Waals surface area contributed by atoms with Gasteiger partial charge in [0.15, 0.2) is 0 Å². The Morgan fingerprint density at radius 1 is 0.833 bits per heavy atom. The Bertz CT molecular complexity index is 1110. The van der Waals surface area contributed by atoms with Crippen LogP contribution in [0.2, 0.25) is 0 Å². The average Bonchev–Trinajstić information content (AvgIpc) is 3.31. The Labute approximate surface area is 175 Å². The number of hydrogen-bond acceptors (Lipinski definition) is 6. The monoisotopic (exact) mass is 399 g/mol. The molecule has 0 radical (unpaired) electrons. The van der Waals surface area contributed by atoms with Crippen LogP contribution < -0.4 is 5.73 Å². The number of rotatable bonds is 5. The van der Waals surface area contributed by atoms with E-state index in [1.165, 1.54) is 5.56 Å². The Morgan fingerprint density at radius 2 is 1.57 bits per heavy atom. The highest BCUT2D eigenvalue weighted by Gasteiger charge is 2.18. The minimum absolute atomic E-state index is 0.563. The summed E-state index contributed by atoms with van der Waals surface area (Å²) < 4.78 is 2.02. The molecule has 1 aliphatic rings. The van der Waals surface area contributed by atoms with E-state index in [2.05, 4.69) is 44.0 Å². The number of piperazine rings is 1. The van der Waals surface area contributed by atoms with Crippen molar-refractivity contribution >= 4 is 16.7 Å². The molecule has 1 saturated heterocycles. The molecule has 0 bridgehead atoms. The molecule has 30 heavy (non-hydrogen) atoms. The lowest BCUT2D eigenvalue weighted by atomic mass is 10.1. The molecule has 7 nitrogen and oxygen atoms in total. The molecular weight excluding hydrogens is 374 g/mol. The van der Waals surface area contributed by atoms with Gasteiger partial charge in [0.05, 0.1) is 18.4 Å². The van der Waals surface area contributed by atoms with Crippen LogP contribution in [-0.4, -0.2) is 55.5 Å². The van der Waals surface area contributed by atoms with Crippen molar-refractivity contribution in [2.24, 2.45) is 0 Å². The van der Waals surface area contributed by atoms with Gasteiger partial charge in [-0.3, -0.25) is 9.80 Å². The summed E-state index contributed by atoms with van der Waals surface area (Å²) >= 11 is 0. The summed E-state index contributed by atoms with van der Waals surface area (Å²) in [6, 6.07) is 16.6. The third-order valence-corrected chi connectivity index (χ3v) is 5.65. The van der Waals surface area contributed by atoms with E-state index < -0.39 is 0 Å². The van der Waals surface area contributed by atoms with Gasteiger partial charge in [-0.05, 0) is 29.8 Å². The zero-order chi connectivity index (χ0) is 20.3. The van der Waals surface area contributed by atoms with Crippen molar-refractivity contribution in [3.63, 3.8) is 0 Å². The predicted molar refractivity (Wildman–Crippen MR) is 118 cm³/mol. The van der Waals surface area contributed by atoms with E-state index in [-0.39, 0.29) is 0 Å². The number of nitrogens with two attached hydrogens (primary N) is 1. The number of anilines is 1. The van der Waals surface area contributed by atoms with Gasteiger partial charge in [0.25, 0.3) is 0 Å². The summed E-state index contributed by atoms with van der Waals surface area (Å²) in [6.07, 6.45) is 5.58. The molecule has 0 aliphatic carbocycles. The minimum atomic E-state index is 0.563. The molecule has 4 aromatic rings. The topological polar surface area (TPSA) is 76.1 Å². The van der Waals surface area contributed by atoms with E-state index in [0.717, 1.165) is 61.7 Å². The molecular formula is C23H25N7. The Kier molecular flexibility index (Phi) is 5.13. The summed E-state index contributed by atoms with van der Waals surface area (Å²) in [5.74, 6) is 1.36. The summed E-state index contributed by atoms with van der Waals surface area (Å²) in [6.45, 7) is 5.78. The first-order valence-electron chi connectivity index (χ1n) is 10.3. The zero-order valence-electron chi connectivity index (χ0n) is 16.9. The molecule has 152 valence electrons. The molecule has 1 fully saturated rings. The highest BCUT2D eigenvalue weighted by molar-refractivity contribution is 5.87. The van der Waals surface area contributed by atoms with E-state index in [0.29, 0.717) is 5.82 Å². The van der Waals surface area contributed by atoms with E-state index in [4.69, 9.17) is 10.7 Å². The van der Waals surface area contributed by atoms with Gasteiger partial charge in [0, 0.05) is 56.2 Å². The molecule has 1 aliphatic heterocycles.